The van der Waals surface area contributed by atoms with Gasteiger partial charge < -0.3 is 4.74 Å². The summed E-state index contributed by atoms with van der Waals surface area (Å²) in [6.07, 6.45) is 2.68. The van der Waals surface area contributed by atoms with Crippen LogP contribution in [0.3, 0.4) is 0 Å². The summed E-state index contributed by atoms with van der Waals surface area (Å²) in [5.74, 6) is 0. The van der Waals surface area contributed by atoms with Crippen molar-refractivity contribution in [3.63, 3.8) is 0 Å². The van der Waals surface area contributed by atoms with Gasteiger partial charge in [-0.15, -0.1) is 0 Å². The van der Waals surface area contributed by atoms with Crippen molar-refractivity contribution in [3.8, 4) is 0 Å². The van der Waals surface area contributed by atoms with Gasteiger partial charge in [-0.2, -0.15) is 4.72 Å². The Balaban J connectivity index is 2.00. The summed E-state index contributed by atoms with van der Waals surface area (Å²) < 4.78 is 32.6. The van der Waals surface area contributed by atoms with E-state index in [4.69, 9.17) is 4.74 Å². The third-order valence-corrected chi connectivity index (χ3v) is 5.58. The highest BCUT2D eigenvalue weighted by atomic mass is 32.2. The molecule has 1 aromatic carbocycles. The number of likely N-dealkylation sites (tertiary alicyclic amines) is 1. The Morgan fingerprint density at radius 2 is 2.04 bits per heavy atom. The van der Waals surface area contributed by atoms with E-state index < -0.39 is 27.2 Å². The van der Waals surface area contributed by atoms with Crippen molar-refractivity contribution in [2.24, 2.45) is 0 Å². The molecule has 1 aromatic rings. The molecule has 0 bridgehead atoms. The highest BCUT2D eigenvalue weighted by molar-refractivity contribution is 7.89. The van der Waals surface area contributed by atoms with E-state index in [1.54, 1.807) is 0 Å². The van der Waals surface area contributed by atoms with Crippen LogP contribution in [0.4, 0.5) is 10.5 Å². The van der Waals surface area contributed by atoms with E-state index >= 15 is 0 Å². The standard InChI is InChI=1S/C16H23N3O6S/c1-2-3-4-12-25-16(20)18-11-5-6-15(18)17-26(23,24)14-9-7-13(8-10-14)19(21)22/h7-10,15,17H,2-6,11-12H2,1H3. The van der Waals surface area contributed by atoms with Crippen molar-refractivity contribution in [1.82, 2.24) is 9.62 Å². The zero-order chi connectivity index (χ0) is 19.2. The van der Waals surface area contributed by atoms with Crippen LogP contribution < -0.4 is 4.72 Å². The maximum atomic E-state index is 12.5. The lowest BCUT2D eigenvalue weighted by atomic mass is 10.3. The Hall–Kier alpha value is -2.20. The van der Waals surface area contributed by atoms with Crippen molar-refractivity contribution < 1.29 is 22.9 Å². The molecule has 1 aliphatic heterocycles. The highest BCUT2D eigenvalue weighted by Crippen LogP contribution is 2.21. The molecule has 144 valence electrons. The molecule has 0 aromatic heterocycles. The third-order valence-electron chi connectivity index (χ3n) is 4.11. The molecule has 0 aliphatic carbocycles. The Bertz CT molecular complexity index is 735. The number of nitro groups is 1. The van der Waals surface area contributed by atoms with E-state index in [9.17, 15) is 23.3 Å². The SMILES string of the molecule is CCCCCOC(=O)N1CCCC1NS(=O)(=O)c1ccc([N+](=O)[O-])cc1. The number of nitrogens with zero attached hydrogens (tertiary/aromatic N) is 2. The summed E-state index contributed by atoms with van der Waals surface area (Å²) >= 11 is 0. The number of benzene rings is 1. The molecular formula is C16H23N3O6S. The molecule has 1 fully saturated rings. The van der Waals surface area contributed by atoms with Gasteiger partial charge in [0.1, 0.15) is 0 Å². The van der Waals surface area contributed by atoms with Gasteiger partial charge in [0.05, 0.1) is 22.6 Å². The van der Waals surface area contributed by atoms with E-state index in [1.165, 1.54) is 17.0 Å². The maximum absolute atomic E-state index is 12.5. The number of hydrogen-bond acceptors (Lipinski definition) is 6. The Morgan fingerprint density at radius 3 is 2.65 bits per heavy atom. The molecule has 1 unspecified atom stereocenters. The van der Waals surface area contributed by atoms with Gasteiger partial charge in [0.25, 0.3) is 5.69 Å². The Labute approximate surface area is 152 Å². The number of nitro benzene ring substituents is 1. The minimum absolute atomic E-state index is 0.0914. The predicted molar refractivity (Wildman–Crippen MR) is 94.0 cm³/mol. The van der Waals surface area contributed by atoms with Gasteiger partial charge >= 0.3 is 6.09 Å². The van der Waals surface area contributed by atoms with Gasteiger partial charge in [0.2, 0.25) is 10.0 Å². The minimum atomic E-state index is -3.90. The number of unbranched alkanes of at least 4 members (excludes halogenated alkanes) is 2. The monoisotopic (exact) mass is 385 g/mol. The molecule has 0 saturated carbocycles. The average molecular weight is 385 g/mol. The van der Waals surface area contributed by atoms with Crippen LogP contribution in [-0.2, 0) is 14.8 Å². The molecule has 10 heteroatoms. The number of non-ortho nitro benzene ring substituents is 1. The number of hydrogen-bond donors (Lipinski definition) is 1. The van der Waals surface area contributed by atoms with E-state index in [1.807, 2.05) is 6.92 Å². The summed E-state index contributed by atoms with van der Waals surface area (Å²) in [6, 6.07) is 4.59. The summed E-state index contributed by atoms with van der Waals surface area (Å²) in [7, 11) is -3.90. The number of sulfonamides is 1. The molecular weight excluding hydrogens is 362 g/mol. The zero-order valence-electron chi connectivity index (χ0n) is 14.6. The predicted octanol–water partition coefficient (Wildman–Crippen LogP) is 2.62. The molecule has 2 rings (SSSR count). The largest absolute Gasteiger partial charge is 0.449 e. The fourth-order valence-electron chi connectivity index (χ4n) is 2.70. The second-order valence-corrected chi connectivity index (χ2v) is 7.76. The molecule has 1 amide bonds. The van der Waals surface area contributed by atoms with Crippen LogP contribution in [-0.4, -0.2) is 43.7 Å². The summed E-state index contributed by atoms with van der Waals surface area (Å²) in [5, 5.41) is 10.7. The molecule has 0 radical (unpaired) electrons. The van der Waals surface area contributed by atoms with Gasteiger partial charge in [-0.25, -0.2) is 13.2 Å². The Kier molecular flexibility index (Phi) is 6.92. The summed E-state index contributed by atoms with van der Waals surface area (Å²) in [4.78, 5) is 23.5. The van der Waals surface area contributed by atoms with E-state index in [-0.39, 0.29) is 10.6 Å². The van der Waals surface area contributed by atoms with Crippen LogP contribution in [0.2, 0.25) is 0 Å². The third kappa shape index (κ3) is 5.15. The van der Waals surface area contributed by atoms with Crippen LogP contribution in [0.5, 0.6) is 0 Å². The molecule has 1 saturated heterocycles. The van der Waals surface area contributed by atoms with E-state index in [0.717, 1.165) is 31.4 Å². The van der Waals surface area contributed by atoms with Crippen LogP contribution in [0, 0.1) is 10.1 Å². The average Bonchev–Trinajstić information content (AvgIpc) is 3.06. The van der Waals surface area contributed by atoms with Crippen molar-refractivity contribution in [2.75, 3.05) is 13.2 Å². The van der Waals surface area contributed by atoms with Crippen molar-refractivity contribution in [3.05, 3.63) is 34.4 Å². The number of amides is 1. The van der Waals surface area contributed by atoms with Crippen LogP contribution >= 0.6 is 0 Å². The quantitative estimate of drug-likeness (QED) is 0.417. The van der Waals surface area contributed by atoms with Crippen LogP contribution in [0.1, 0.15) is 39.0 Å². The first-order valence-corrected chi connectivity index (χ1v) is 10.0. The van der Waals surface area contributed by atoms with Crippen molar-refractivity contribution in [2.45, 2.75) is 50.1 Å². The Morgan fingerprint density at radius 1 is 1.35 bits per heavy atom. The lowest BCUT2D eigenvalue weighted by Gasteiger charge is -2.24. The molecule has 0 spiro atoms. The second kappa shape index (κ2) is 8.95. The van der Waals surface area contributed by atoms with Gasteiger partial charge in [0.15, 0.2) is 0 Å². The fraction of sp³-hybridized carbons (Fsp3) is 0.562. The first-order chi connectivity index (χ1) is 12.3. The normalized spacial score (nSPS) is 17.3. The zero-order valence-corrected chi connectivity index (χ0v) is 15.4. The first kappa shape index (κ1) is 20.1. The second-order valence-electron chi connectivity index (χ2n) is 6.05. The van der Waals surface area contributed by atoms with Gasteiger partial charge in [-0.3, -0.25) is 15.0 Å². The van der Waals surface area contributed by atoms with Gasteiger partial charge in [-0.05, 0) is 31.4 Å². The number of rotatable bonds is 8. The van der Waals surface area contributed by atoms with Crippen LogP contribution in [0.15, 0.2) is 29.2 Å². The highest BCUT2D eigenvalue weighted by Gasteiger charge is 2.33. The van der Waals surface area contributed by atoms with E-state index in [0.29, 0.717) is 26.0 Å². The van der Waals surface area contributed by atoms with Crippen molar-refractivity contribution >= 4 is 21.8 Å². The van der Waals surface area contributed by atoms with Gasteiger partial charge in [-0.1, -0.05) is 19.8 Å². The summed E-state index contributed by atoms with van der Waals surface area (Å²) in [5.41, 5.74) is -0.193. The molecule has 1 aliphatic rings. The molecule has 9 nitrogen and oxygen atoms in total. The first-order valence-electron chi connectivity index (χ1n) is 8.55. The summed E-state index contributed by atoms with van der Waals surface area (Å²) in [6.45, 7) is 2.77. The molecule has 1 heterocycles. The van der Waals surface area contributed by atoms with E-state index in [2.05, 4.69) is 4.72 Å². The number of nitrogens with one attached hydrogen (secondary N) is 1. The molecule has 26 heavy (non-hydrogen) atoms. The smallest absolute Gasteiger partial charge is 0.411 e. The minimum Gasteiger partial charge on any atom is -0.449 e. The lowest BCUT2D eigenvalue weighted by molar-refractivity contribution is -0.384. The fourth-order valence-corrected chi connectivity index (χ4v) is 3.93. The lowest BCUT2D eigenvalue weighted by Crippen LogP contribution is -2.47. The van der Waals surface area contributed by atoms with Gasteiger partial charge in [0, 0.05) is 18.7 Å². The van der Waals surface area contributed by atoms with Crippen LogP contribution in [0.25, 0.3) is 0 Å². The maximum Gasteiger partial charge on any atom is 0.411 e. The molecule has 1 atom stereocenters. The number of carbonyl (C=O) groups is 1. The topological polar surface area (TPSA) is 119 Å². The molecule has 1 N–H and O–H groups in total. The van der Waals surface area contributed by atoms with Crippen molar-refractivity contribution in [1.29, 1.82) is 0 Å². The number of ether oxygens (including phenoxy) is 1. The number of carbonyl (C=O) groups excluding carboxylic acids is 1.